The molecule has 238 valence electrons. The van der Waals surface area contributed by atoms with Gasteiger partial charge in [0.15, 0.2) is 11.6 Å². The summed E-state index contributed by atoms with van der Waals surface area (Å²) in [6.45, 7) is 0. The maximum Gasteiger partial charge on any atom is 0.238 e. The standard InChI is InChI=1S/C45H33N5/c1-4-13-30(14-5-1)42-46-43(31-15-6-2-7-16-31)48-44(47-42)50-38-22-12-20-33-29-23-25-45(26-24-29,41(33)38)36-27-35-34-19-10-11-21-37(34)49(39(35)28-40(36)50)32-17-8-3-9-18-32/h1-22,27-29H,23-26H2/i1D,2D,4D,5D,6D,7D,13D,14D,15D,16D. The van der Waals surface area contributed by atoms with Crippen molar-refractivity contribution in [1.82, 2.24) is 19.5 Å². The van der Waals surface area contributed by atoms with Crippen LogP contribution in [0.5, 0.6) is 0 Å². The number of rotatable bonds is 4. The molecule has 0 unspecified atom stereocenters. The quantitative estimate of drug-likeness (QED) is 0.190. The highest BCUT2D eigenvalue weighted by Crippen LogP contribution is 2.64. The van der Waals surface area contributed by atoms with Crippen molar-refractivity contribution in [2.24, 2.45) is 0 Å². The maximum atomic E-state index is 8.92. The molecule has 4 aliphatic rings. The first-order valence-electron chi connectivity index (χ1n) is 21.9. The largest absolute Gasteiger partial charge is 0.309 e. The van der Waals surface area contributed by atoms with E-state index in [1.807, 2.05) is 47.4 Å². The fourth-order valence-corrected chi connectivity index (χ4v) is 8.87. The topological polar surface area (TPSA) is 46.8 Å². The third-order valence-corrected chi connectivity index (χ3v) is 10.9. The average molecular weight is 654 g/mol. The van der Waals surface area contributed by atoms with Crippen LogP contribution in [0.1, 0.15) is 62.0 Å². The molecule has 0 atom stereocenters. The molecule has 1 saturated carbocycles. The summed E-state index contributed by atoms with van der Waals surface area (Å²) in [6, 6.07) is 23.4. The van der Waals surface area contributed by atoms with Crippen LogP contribution in [0, 0.1) is 0 Å². The van der Waals surface area contributed by atoms with Gasteiger partial charge < -0.3 is 4.57 Å². The highest BCUT2D eigenvalue weighted by Gasteiger charge is 2.52. The molecule has 5 heteroatoms. The van der Waals surface area contributed by atoms with Gasteiger partial charge in [0, 0.05) is 33.0 Å². The first kappa shape index (κ1) is 19.8. The number of para-hydroxylation sites is 2. The molecule has 2 aromatic heterocycles. The van der Waals surface area contributed by atoms with Crippen molar-refractivity contribution in [3.63, 3.8) is 0 Å². The second-order valence-electron chi connectivity index (χ2n) is 13.3. The van der Waals surface area contributed by atoms with Crippen LogP contribution in [-0.4, -0.2) is 19.5 Å². The van der Waals surface area contributed by atoms with Gasteiger partial charge in [0.25, 0.3) is 0 Å². The molecule has 50 heavy (non-hydrogen) atoms. The Bertz CT molecular complexity index is 3050. The molecule has 0 radical (unpaired) electrons. The minimum atomic E-state index is -0.591. The predicted molar refractivity (Wildman–Crippen MR) is 202 cm³/mol. The summed E-state index contributed by atoms with van der Waals surface area (Å²) in [7, 11) is 0. The zero-order valence-corrected chi connectivity index (χ0v) is 26.7. The lowest BCUT2D eigenvalue weighted by molar-refractivity contribution is 0.278. The molecule has 2 bridgehead atoms. The monoisotopic (exact) mass is 653 g/mol. The fraction of sp³-hybridized carbons (Fsp3) is 0.133. The van der Waals surface area contributed by atoms with Crippen LogP contribution in [0.3, 0.4) is 0 Å². The van der Waals surface area contributed by atoms with E-state index in [-0.39, 0.29) is 34.1 Å². The number of nitrogens with zero attached hydrogens (tertiary/aromatic N) is 5. The number of benzene rings is 6. The SMILES string of the molecule is [2H]c1c([2H])c([2H])c(-c2nc(-c3c([2H])c([2H])c([2H])c([2H])c3[2H])nc(N3c4cc5c(cc4C46CCC(CC4)c4cccc3c46)c3ccccc3n5-c3ccccc3)n2)c([2H])c1[2H]. The number of hydrogen-bond donors (Lipinski definition) is 0. The van der Waals surface area contributed by atoms with Crippen molar-refractivity contribution >= 4 is 39.1 Å². The normalized spacial score (nSPS) is 21.5. The zero-order valence-electron chi connectivity index (χ0n) is 36.7. The Morgan fingerprint density at radius 3 is 2.02 bits per heavy atom. The second-order valence-corrected chi connectivity index (χ2v) is 13.3. The summed E-state index contributed by atoms with van der Waals surface area (Å²) in [4.78, 5) is 16.4. The van der Waals surface area contributed by atoms with Gasteiger partial charge >= 0.3 is 0 Å². The van der Waals surface area contributed by atoms with Gasteiger partial charge in [-0.2, -0.15) is 9.97 Å². The van der Waals surface area contributed by atoms with Gasteiger partial charge in [-0.05, 0) is 84.7 Å². The molecule has 1 spiro atoms. The maximum absolute atomic E-state index is 8.92. The van der Waals surface area contributed by atoms with Crippen LogP contribution in [0.4, 0.5) is 17.3 Å². The van der Waals surface area contributed by atoms with Gasteiger partial charge in [0.2, 0.25) is 5.95 Å². The van der Waals surface area contributed by atoms with Crippen molar-refractivity contribution in [2.45, 2.75) is 37.0 Å². The minimum absolute atomic E-state index is 0.00120. The highest BCUT2D eigenvalue weighted by atomic mass is 15.3. The third kappa shape index (κ3) is 3.86. The smallest absolute Gasteiger partial charge is 0.238 e. The van der Waals surface area contributed by atoms with Gasteiger partial charge in [-0.25, -0.2) is 4.98 Å². The Hall–Kier alpha value is -6.07. The minimum Gasteiger partial charge on any atom is -0.309 e. The van der Waals surface area contributed by atoms with E-state index in [0.29, 0.717) is 5.92 Å². The van der Waals surface area contributed by atoms with Crippen LogP contribution >= 0.6 is 0 Å². The Kier molecular flexibility index (Phi) is 4.15. The summed E-state index contributed by atoms with van der Waals surface area (Å²) in [5.74, 6) is -0.241. The molecule has 0 saturated heterocycles. The first-order valence-corrected chi connectivity index (χ1v) is 16.9. The molecule has 3 heterocycles. The van der Waals surface area contributed by atoms with E-state index in [9.17, 15) is 0 Å². The third-order valence-electron chi connectivity index (χ3n) is 10.9. The second kappa shape index (κ2) is 10.5. The van der Waals surface area contributed by atoms with Gasteiger partial charge in [-0.3, -0.25) is 4.90 Å². The van der Waals surface area contributed by atoms with E-state index >= 15 is 0 Å². The van der Waals surface area contributed by atoms with E-state index in [1.54, 1.807) is 0 Å². The summed E-state index contributed by atoms with van der Waals surface area (Å²) >= 11 is 0. The van der Waals surface area contributed by atoms with Crippen LogP contribution < -0.4 is 4.90 Å². The summed E-state index contributed by atoms with van der Waals surface area (Å²) in [6.07, 6.45) is 3.93. The fourth-order valence-electron chi connectivity index (χ4n) is 8.87. The van der Waals surface area contributed by atoms with Crippen molar-refractivity contribution in [1.29, 1.82) is 0 Å². The van der Waals surface area contributed by atoms with E-state index in [4.69, 9.17) is 23.7 Å². The number of aromatic nitrogens is 4. The molecule has 12 rings (SSSR count). The number of anilines is 3. The van der Waals surface area contributed by atoms with Crippen LogP contribution in [0.25, 0.3) is 50.3 Å². The van der Waals surface area contributed by atoms with E-state index < -0.39 is 60.4 Å². The van der Waals surface area contributed by atoms with Crippen molar-refractivity contribution in [2.75, 3.05) is 4.90 Å². The Labute approximate surface area is 304 Å². The Morgan fingerprint density at radius 1 is 0.620 bits per heavy atom. The lowest BCUT2D eigenvalue weighted by atomic mass is 9.53. The molecular weight excluding hydrogens is 611 g/mol. The van der Waals surface area contributed by atoms with Crippen LogP contribution in [0.15, 0.2) is 145 Å². The number of fused-ring (bicyclic) bond motifs is 6. The molecule has 3 aliphatic carbocycles. The summed E-state index contributed by atoms with van der Waals surface area (Å²) in [5, 5.41) is 2.17. The van der Waals surface area contributed by atoms with Gasteiger partial charge in [0.05, 0.1) is 36.1 Å². The molecule has 1 fully saturated rings. The first-order chi connectivity index (χ1) is 28.9. The lowest BCUT2D eigenvalue weighted by Crippen LogP contribution is -2.43. The Morgan fingerprint density at radius 2 is 1.30 bits per heavy atom. The van der Waals surface area contributed by atoms with Crippen molar-refractivity contribution in [3.8, 4) is 28.5 Å². The molecule has 6 aromatic carbocycles. The van der Waals surface area contributed by atoms with Crippen LogP contribution in [-0.2, 0) is 5.41 Å². The molecular formula is C45H33N5. The lowest BCUT2D eigenvalue weighted by Gasteiger charge is -2.54. The van der Waals surface area contributed by atoms with Gasteiger partial charge in [-0.1, -0.05) is 109 Å². The predicted octanol–water partition coefficient (Wildman–Crippen LogP) is 11.0. The van der Waals surface area contributed by atoms with E-state index in [2.05, 4.69) is 52.0 Å². The van der Waals surface area contributed by atoms with Crippen LogP contribution in [0.2, 0.25) is 0 Å². The van der Waals surface area contributed by atoms with Crippen molar-refractivity contribution < 1.29 is 13.7 Å². The van der Waals surface area contributed by atoms with Gasteiger partial charge in [-0.15, -0.1) is 0 Å². The molecule has 1 aliphatic heterocycles. The summed E-state index contributed by atoms with van der Waals surface area (Å²) < 4.78 is 88.5. The zero-order chi connectivity index (χ0) is 41.5. The average Bonchev–Trinajstić information content (AvgIpc) is 3.60. The summed E-state index contributed by atoms with van der Waals surface area (Å²) in [5.41, 5.74) is 7.07. The molecule has 5 nitrogen and oxygen atoms in total. The van der Waals surface area contributed by atoms with Crippen molar-refractivity contribution in [3.05, 3.63) is 162 Å². The van der Waals surface area contributed by atoms with E-state index in [0.717, 1.165) is 70.1 Å². The number of hydrogen-bond acceptors (Lipinski definition) is 4. The molecule has 0 amide bonds. The van der Waals surface area contributed by atoms with Gasteiger partial charge in [0.1, 0.15) is 0 Å². The molecule has 0 N–H and O–H groups in total. The Balaban J connectivity index is 1.29. The van der Waals surface area contributed by atoms with E-state index in [1.165, 1.54) is 11.1 Å². The molecule has 8 aromatic rings. The highest BCUT2D eigenvalue weighted by molar-refractivity contribution is 6.11.